The van der Waals surface area contributed by atoms with Crippen LogP contribution in [0.2, 0.25) is 10.0 Å². The van der Waals surface area contributed by atoms with Crippen molar-refractivity contribution in [3.05, 3.63) is 28.2 Å². The molecular weight excluding hydrogens is 271 g/mol. The summed E-state index contributed by atoms with van der Waals surface area (Å²) in [5, 5.41) is 3.77. The molecule has 5 heteroatoms. The van der Waals surface area contributed by atoms with Crippen molar-refractivity contribution in [1.82, 2.24) is 4.90 Å². The Labute approximate surface area is 118 Å². The maximum Gasteiger partial charge on any atom is 0.322 e. The second kappa shape index (κ2) is 6.30. The first-order valence-electron chi connectivity index (χ1n) is 5.87. The molecule has 1 aromatic rings. The molecule has 2 amide bonds. The Bertz CT molecular complexity index is 425. The van der Waals surface area contributed by atoms with Crippen LogP contribution in [-0.2, 0) is 0 Å². The van der Waals surface area contributed by atoms with Crippen LogP contribution in [0.4, 0.5) is 10.5 Å². The van der Waals surface area contributed by atoms with Gasteiger partial charge in [0.15, 0.2) is 0 Å². The molecule has 0 heterocycles. The average molecular weight is 289 g/mol. The zero-order valence-corrected chi connectivity index (χ0v) is 12.5. The van der Waals surface area contributed by atoms with E-state index in [1.165, 1.54) is 0 Å². The van der Waals surface area contributed by atoms with Crippen molar-refractivity contribution in [2.45, 2.75) is 39.8 Å². The Hall–Kier alpha value is -0.930. The molecule has 0 bridgehead atoms. The van der Waals surface area contributed by atoms with E-state index in [0.717, 1.165) is 0 Å². The van der Waals surface area contributed by atoms with Gasteiger partial charge in [-0.05, 0) is 45.9 Å². The normalized spacial score (nSPS) is 10.9. The van der Waals surface area contributed by atoms with Crippen LogP contribution in [-0.4, -0.2) is 23.0 Å². The summed E-state index contributed by atoms with van der Waals surface area (Å²) < 4.78 is 0. The van der Waals surface area contributed by atoms with Crippen LogP contribution in [0.25, 0.3) is 0 Å². The van der Waals surface area contributed by atoms with Crippen molar-refractivity contribution in [1.29, 1.82) is 0 Å². The van der Waals surface area contributed by atoms with Gasteiger partial charge in [0.25, 0.3) is 0 Å². The van der Waals surface area contributed by atoms with Gasteiger partial charge in [-0.2, -0.15) is 0 Å². The predicted octanol–water partition coefficient (Wildman–Crippen LogP) is 4.64. The quantitative estimate of drug-likeness (QED) is 0.863. The first-order chi connectivity index (χ1) is 8.32. The van der Waals surface area contributed by atoms with Crippen molar-refractivity contribution in [2.24, 2.45) is 0 Å². The Kier molecular flexibility index (Phi) is 5.29. The van der Waals surface area contributed by atoms with Crippen LogP contribution in [0.5, 0.6) is 0 Å². The summed E-state index contributed by atoms with van der Waals surface area (Å²) in [7, 11) is 0. The molecule has 0 aliphatic rings. The largest absolute Gasteiger partial charge is 0.322 e. The van der Waals surface area contributed by atoms with Gasteiger partial charge in [-0.15, -0.1) is 0 Å². The Morgan fingerprint density at radius 1 is 1.17 bits per heavy atom. The number of amides is 2. The fourth-order valence-electron chi connectivity index (χ4n) is 1.84. The maximum atomic E-state index is 12.2. The molecule has 1 N–H and O–H groups in total. The highest BCUT2D eigenvalue weighted by atomic mass is 35.5. The van der Waals surface area contributed by atoms with Crippen molar-refractivity contribution in [3.63, 3.8) is 0 Å². The fourth-order valence-corrected chi connectivity index (χ4v) is 2.29. The van der Waals surface area contributed by atoms with Crippen molar-refractivity contribution >= 4 is 34.9 Å². The molecule has 0 spiro atoms. The Morgan fingerprint density at radius 3 is 2.17 bits per heavy atom. The molecule has 0 fully saturated rings. The molecular formula is C13H18Cl2N2O. The lowest BCUT2D eigenvalue weighted by Crippen LogP contribution is -2.44. The highest BCUT2D eigenvalue weighted by molar-refractivity contribution is 6.36. The van der Waals surface area contributed by atoms with E-state index >= 15 is 0 Å². The van der Waals surface area contributed by atoms with Gasteiger partial charge in [0.2, 0.25) is 0 Å². The van der Waals surface area contributed by atoms with Gasteiger partial charge in [0, 0.05) is 17.1 Å². The Balaban J connectivity index is 2.86. The summed E-state index contributed by atoms with van der Waals surface area (Å²) in [4.78, 5) is 13.9. The van der Waals surface area contributed by atoms with Gasteiger partial charge in [0.1, 0.15) is 0 Å². The van der Waals surface area contributed by atoms with Crippen LogP contribution in [0.15, 0.2) is 18.2 Å². The monoisotopic (exact) mass is 288 g/mol. The molecule has 0 aliphatic heterocycles. The molecule has 0 atom stereocenters. The summed E-state index contributed by atoms with van der Waals surface area (Å²) in [6.45, 7) is 7.90. The number of nitrogens with one attached hydrogen (secondary N) is 1. The molecule has 0 saturated heterocycles. The molecule has 0 radical (unpaired) electrons. The van der Waals surface area contributed by atoms with Crippen molar-refractivity contribution < 1.29 is 4.79 Å². The number of carbonyl (C=O) groups excluding carboxylic acids is 1. The topological polar surface area (TPSA) is 32.3 Å². The zero-order chi connectivity index (χ0) is 13.9. The van der Waals surface area contributed by atoms with E-state index in [0.29, 0.717) is 15.7 Å². The van der Waals surface area contributed by atoms with Crippen molar-refractivity contribution in [3.8, 4) is 0 Å². The lowest BCUT2D eigenvalue weighted by molar-refractivity contribution is 0.178. The maximum absolute atomic E-state index is 12.2. The van der Waals surface area contributed by atoms with Gasteiger partial charge in [-0.3, -0.25) is 0 Å². The second-order valence-electron chi connectivity index (χ2n) is 4.65. The molecule has 1 rings (SSSR count). The first kappa shape index (κ1) is 15.1. The van der Waals surface area contributed by atoms with E-state index in [9.17, 15) is 4.79 Å². The molecule has 0 aromatic heterocycles. The average Bonchev–Trinajstić information content (AvgIpc) is 2.21. The van der Waals surface area contributed by atoms with E-state index in [1.807, 2.05) is 27.7 Å². The number of hydrogen-bond acceptors (Lipinski definition) is 1. The third kappa shape index (κ3) is 3.79. The first-order valence-corrected chi connectivity index (χ1v) is 6.63. The number of carbonyl (C=O) groups is 1. The summed E-state index contributed by atoms with van der Waals surface area (Å²) in [5.74, 6) is 0. The van der Waals surface area contributed by atoms with E-state index in [2.05, 4.69) is 5.32 Å². The summed E-state index contributed by atoms with van der Waals surface area (Å²) >= 11 is 11.8. The molecule has 100 valence electrons. The van der Waals surface area contributed by atoms with Gasteiger partial charge < -0.3 is 10.2 Å². The third-order valence-corrected chi connectivity index (χ3v) is 3.07. The third-order valence-electron chi connectivity index (χ3n) is 2.52. The van der Waals surface area contributed by atoms with Crippen LogP contribution in [0.1, 0.15) is 27.7 Å². The smallest absolute Gasteiger partial charge is 0.320 e. The molecule has 1 aromatic carbocycles. The highest BCUT2D eigenvalue weighted by Crippen LogP contribution is 2.25. The van der Waals surface area contributed by atoms with Gasteiger partial charge in [-0.25, -0.2) is 4.79 Å². The molecule has 0 unspecified atom stereocenters. The van der Waals surface area contributed by atoms with Crippen molar-refractivity contribution in [2.75, 3.05) is 5.32 Å². The number of rotatable bonds is 3. The van der Waals surface area contributed by atoms with E-state index in [4.69, 9.17) is 23.2 Å². The van der Waals surface area contributed by atoms with Crippen LogP contribution < -0.4 is 5.32 Å². The number of urea groups is 1. The highest BCUT2D eigenvalue weighted by Gasteiger charge is 2.20. The minimum absolute atomic E-state index is 0.121. The second-order valence-corrected chi connectivity index (χ2v) is 5.49. The van der Waals surface area contributed by atoms with Crippen LogP contribution in [0.3, 0.4) is 0 Å². The number of hydrogen-bond donors (Lipinski definition) is 1. The summed E-state index contributed by atoms with van der Waals surface area (Å²) in [6, 6.07) is 5.07. The number of benzene rings is 1. The minimum Gasteiger partial charge on any atom is -0.320 e. The zero-order valence-electron chi connectivity index (χ0n) is 11.0. The lowest BCUT2D eigenvalue weighted by atomic mass is 10.2. The van der Waals surface area contributed by atoms with Gasteiger partial charge in [0.05, 0.1) is 10.7 Å². The van der Waals surface area contributed by atoms with E-state index in [1.54, 1.807) is 23.1 Å². The fraction of sp³-hybridized carbons (Fsp3) is 0.462. The summed E-state index contributed by atoms with van der Waals surface area (Å²) in [5.41, 5.74) is 0.567. The van der Waals surface area contributed by atoms with E-state index in [-0.39, 0.29) is 18.1 Å². The standard InChI is InChI=1S/C13H18Cl2N2O/c1-8(2)17(9(3)4)13(18)16-12-6-5-10(14)7-11(12)15/h5-9H,1-4H3,(H,16,18). The van der Waals surface area contributed by atoms with E-state index < -0.39 is 0 Å². The minimum atomic E-state index is -0.163. The lowest BCUT2D eigenvalue weighted by Gasteiger charge is -2.30. The SMILES string of the molecule is CC(C)N(C(=O)Nc1ccc(Cl)cc1Cl)C(C)C. The summed E-state index contributed by atoms with van der Waals surface area (Å²) in [6.07, 6.45) is 0. The molecule has 0 saturated carbocycles. The van der Waals surface area contributed by atoms with Crippen LogP contribution >= 0.6 is 23.2 Å². The van der Waals surface area contributed by atoms with Gasteiger partial charge >= 0.3 is 6.03 Å². The number of halogens is 2. The van der Waals surface area contributed by atoms with Gasteiger partial charge in [-0.1, -0.05) is 23.2 Å². The number of anilines is 1. The molecule has 3 nitrogen and oxygen atoms in total. The molecule has 18 heavy (non-hydrogen) atoms. The van der Waals surface area contributed by atoms with Crippen LogP contribution in [0, 0.1) is 0 Å². The number of nitrogens with zero attached hydrogens (tertiary/aromatic N) is 1. The molecule has 0 aliphatic carbocycles. The predicted molar refractivity (Wildman–Crippen MR) is 77.6 cm³/mol. The Morgan fingerprint density at radius 2 is 1.72 bits per heavy atom.